The summed E-state index contributed by atoms with van der Waals surface area (Å²) in [6.45, 7) is 8.31. The van der Waals surface area contributed by atoms with E-state index >= 15 is 0 Å². The molecule has 58 heavy (non-hydrogen) atoms. The van der Waals surface area contributed by atoms with E-state index in [1.165, 1.54) is 14.2 Å². The molecule has 0 bridgehead atoms. The number of nitrogens with zero attached hydrogens (tertiary/aromatic N) is 4. The van der Waals surface area contributed by atoms with E-state index in [-0.39, 0.29) is 30.8 Å². The van der Waals surface area contributed by atoms with E-state index in [0.29, 0.717) is 34.8 Å². The number of fused-ring (bicyclic) bond motifs is 1. The first-order valence-electron chi connectivity index (χ1n) is 19.4. The van der Waals surface area contributed by atoms with Gasteiger partial charge in [0.25, 0.3) is 5.92 Å². The van der Waals surface area contributed by atoms with E-state index in [1.54, 1.807) is 37.8 Å². The molecule has 4 N–H and O–H groups in total. The topological polar surface area (TPSA) is 175 Å². The van der Waals surface area contributed by atoms with Crippen LogP contribution in [0.15, 0.2) is 48.7 Å². The molecule has 1 saturated heterocycles. The molecule has 0 saturated carbocycles. The van der Waals surface area contributed by atoms with E-state index in [0.717, 1.165) is 34.6 Å². The Bertz CT molecular complexity index is 2140. The highest BCUT2D eigenvalue weighted by Crippen LogP contribution is 2.33. The summed E-state index contributed by atoms with van der Waals surface area (Å²) in [5.41, 5.74) is 4.21. The monoisotopic (exact) mass is 802 g/mol. The molecule has 0 unspecified atom stereocenters. The van der Waals surface area contributed by atoms with Crippen molar-refractivity contribution in [3.8, 4) is 23.1 Å². The highest BCUT2D eigenvalue weighted by atomic mass is 19.3. The molecule has 4 amide bonds. The van der Waals surface area contributed by atoms with E-state index < -0.39 is 55.0 Å². The molecule has 0 aliphatic carbocycles. The van der Waals surface area contributed by atoms with Gasteiger partial charge in [-0.3, -0.25) is 9.59 Å². The van der Waals surface area contributed by atoms with Crippen molar-refractivity contribution in [3.63, 3.8) is 0 Å². The van der Waals surface area contributed by atoms with Gasteiger partial charge in [-0.2, -0.15) is 0 Å². The number of carbonyl (C=O) groups is 4. The highest BCUT2D eigenvalue weighted by molar-refractivity contribution is 5.87. The first kappa shape index (κ1) is 43.1. The maximum Gasteiger partial charge on any atom is 0.407 e. The number of hydrogen-bond donors (Lipinski definition) is 4. The van der Waals surface area contributed by atoms with Crippen LogP contribution in [0.5, 0.6) is 0 Å². The van der Waals surface area contributed by atoms with Crippen LogP contribution < -0.4 is 10.6 Å². The van der Waals surface area contributed by atoms with Crippen molar-refractivity contribution < 1.29 is 37.4 Å². The fourth-order valence-corrected chi connectivity index (χ4v) is 6.94. The maximum absolute atomic E-state index is 14.9. The summed E-state index contributed by atoms with van der Waals surface area (Å²) >= 11 is 0. The lowest BCUT2D eigenvalue weighted by atomic mass is 10.0. The molecular weight excluding hydrogens is 751 g/mol. The van der Waals surface area contributed by atoms with Crippen molar-refractivity contribution in [2.24, 2.45) is 11.8 Å². The van der Waals surface area contributed by atoms with Gasteiger partial charge in [0.15, 0.2) is 0 Å². The predicted octanol–water partition coefficient (Wildman–Crippen LogP) is 6.54. The molecule has 1 aliphatic heterocycles. The number of ether oxygens (including phenoxy) is 2. The SMILES string of the molecule is CCCC(F)(F)CN(Cc1nc2cc(C#Cc3ccc(-c4c[nH]c([C@@H]5CCCN5C(=O)[C@@H](NC(=O)OC)C(C)C)n4)cc3)ccc2[nH]1)C(=O)[C@@H](NC(=O)OC)C(C)C. The fourth-order valence-electron chi connectivity index (χ4n) is 6.94. The lowest BCUT2D eigenvalue weighted by Gasteiger charge is -2.31. The number of aromatic nitrogens is 4. The minimum Gasteiger partial charge on any atom is -0.453 e. The summed E-state index contributed by atoms with van der Waals surface area (Å²) in [6.07, 6.45) is 1.72. The number of benzene rings is 2. The number of hydrogen-bond acceptors (Lipinski definition) is 8. The third kappa shape index (κ3) is 10.7. The summed E-state index contributed by atoms with van der Waals surface area (Å²) in [6, 6.07) is 10.9. The molecule has 1 aliphatic rings. The number of likely N-dealkylation sites (tertiary alicyclic amines) is 1. The first-order valence-corrected chi connectivity index (χ1v) is 19.4. The quantitative estimate of drug-likeness (QED) is 0.104. The van der Waals surface area contributed by atoms with Crippen LogP contribution in [0.3, 0.4) is 0 Å². The average Bonchev–Trinajstić information content (AvgIpc) is 3.97. The van der Waals surface area contributed by atoms with Gasteiger partial charge >= 0.3 is 12.2 Å². The summed E-state index contributed by atoms with van der Waals surface area (Å²) < 4.78 is 39.2. The zero-order valence-corrected chi connectivity index (χ0v) is 33.9. The number of alkyl halides is 2. The number of carbonyl (C=O) groups excluding carboxylic acids is 4. The molecule has 0 radical (unpaired) electrons. The molecule has 3 heterocycles. The first-order chi connectivity index (χ1) is 27.6. The van der Waals surface area contributed by atoms with Gasteiger partial charge in [-0.25, -0.2) is 28.3 Å². The van der Waals surface area contributed by atoms with Gasteiger partial charge in [-0.05, 0) is 55.0 Å². The Morgan fingerprint density at radius 1 is 0.948 bits per heavy atom. The number of imidazole rings is 2. The Labute approximate surface area is 336 Å². The van der Waals surface area contributed by atoms with E-state index in [1.807, 2.05) is 50.4 Å². The molecule has 5 rings (SSSR count). The smallest absolute Gasteiger partial charge is 0.407 e. The Balaban J connectivity index is 1.28. The molecular formula is C42H52F2N8O6. The molecule has 16 heteroatoms. The van der Waals surface area contributed by atoms with Crippen LogP contribution >= 0.6 is 0 Å². The number of alkyl carbamates (subject to hydrolysis) is 2. The Morgan fingerprint density at radius 3 is 2.22 bits per heavy atom. The van der Waals surface area contributed by atoms with Crippen molar-refractivity contribution >= 4 is 35.0 Å². The van der Waals surface area contributed by atoms with Crippen molar-refractivity contribution in [2.75, 3.05) is 27.3 Å². The molecule has 2 aromatic carbocycles. The third-order valence-corrected chi connectivity index (χ3v) is 9.99. The highest BCUT2D eigenvalue weighted by Gasteiger charge is 2.39. The van der Waals surface area contributed by atoms with Crippen molar-refractivity contribution in [3.05, 3.63) is 71.4 Å². The predicted molar refractivity (Wildman–Crippen MR) is 213 cm³/mol. The number of rotatable bonds is 14. The van der Waals surface area contributed by atoms with Gasteiger partial charge in [0, 0.05) is 35.9 Å². The van der Waals surface area contributed by atoms with Crippen LogP contribution in [-0.2, 0) is 25.6 Å². The van der Waals surface area contributed by atoms with Gasteiger partial charge in [0.05, 0.1) is 50.1 Å². The van der Waals surface area contributed by atoms with Crippen LogP contribution in [0, 0.1) is 23.7 Å². The molecule has 1 fully saturated rings. The van der Waals surface area contributed by atoms with Crippen molar-refractivity contribution in [2.45, 2.75) is 90.9 Å². The molecule has 2 aromatic heterocycles. The summed E-state index contributed by atoms with van der Waals surface area (Å²) in [7, 11) is 2.44. The lowest BCUT2D eigenvalue weighted by molar-refractivity contribution is -0.141. The van der Waals surface area contributed by atoms with Crippen LogP contribution in [-0.4, -0.2) is 99.1 Å². The largest absolute Gasteiger partial charge is 0.453 e. The molecule has 14 nitrogen and oxygen atoms in total. The second-order valence-corrected chi connectivity index (χ2v) is 15.1. The van der Waals surface area contributed by atoms with Crippen LogP contribution in [0.1, 0.15) is 89.1 Å². The summed E-state index contributed by atoms with van der Waals surface area (Å²) in [5.74, 6) is 2.78. The molecule has 4 aromatic rings. The van der Waals surface area contributed by atoms with E-state index in [2.05, 4.69) is 42.2 Å². The number of nitrogens with one attached hydrogen (secondary N) is 4. The standard InChI is InChI=1S/C42H52F2N8O6/c1-8-19-42(43,44)24-51(38(53)35(25(2)3)49-40(55)57-6)23-34-46-30-18-15-28(21-31(30)47-34)12-11-27-13-16-29(17-14-27)32-22-45-37(48-32)33-10-9-20-52(33)39(54)36(26(4)5)50-41(56)58-7/h13-18,21-22,25-26,33,35-36H,8-10,19-20,23-24H2,1-7H3,(H,45,48)(H,46,47)(H,49,55)(H,50,56)/t33-,35-,36-/m0/s1. The summed E-state index contributed by atoms with van der Waals surface area (Å²) in [4.78, 5) is 69.6. The average molecular weight is 803 g/mol. The second kappa shape index (κ2) is 19.0. The second-order valence-electron chi connectivity index (χ2n) is 15.1. The number of aromatic amines is 2. The number of methoxy groups -OCH3 is 2. The Hall–Kier alpha value is -5.98. The normalized spacial score (nSPS) is 15.2. The van der Waals surface area contributed by atoms with Gasteiger partial charge in [-0.1, -0.05) is 65.0 Å². The van der Waals surface area contributed by atoms with Gasteiger partial charge in [-0.15, -0.1) is 0 Å². The maximum atomic E-state index is 14.9. The van der Waals surface area contributed by atoms with Crippen molar-refractivity contribution in [1.82, 2.24) is 40.4 Å². The summed E-state index contributed by atoms with van der Waals surface area (Å²) in [5, 5.41) is 5.14. The minimum atomic E-state index is -3.14. The third-order valence-electron chi connectivity index (χ3n) is 9.99. The van der Waals surface area contributed by atoms with Gasteiger partial charge in [0.1, 0.15) is 23.7 Å². The van der Waals surface area contributed by atoms with Crippen molar-refractivity contribution in [1.29, 1.82) is 0 Å². The molecule has 3 atom stereocenters. The fraction of sp³-hybridized carbons (Fsp3) is 0.476. The Morgan fingerprint density at radius 2 is 1.59 bits per heavy atom. The minimum absolute atomic E-state index is 0.133. The number of H-pyrrole nitrogens is 2. The van der Waals surface area contributed by atoms with Crippen LogP contribution in [0.25, 0.3) is 22.3 Å². The number of halogens is 2. The Kier molecular flexibility index (Phi) is 14.1. The van der Waals surface area contributed by atoms with Crippen LogP contribution in [0.4, 0.5) is 18.4 Å². The molecule has 0 spiro atoms. The number of amides is 4. The lowest BCUT2D eigenvalue weighted by Crippen LogP contribution is -2.53. The van der Waals surface area contributed by atoms with E-state index in [9.17, 15) is 28.0 Å². The zero-order chi connectivity index (χ0) is 42.1. The van der Waals surface area contributed by atoms with Gasteiger partial charge in [0.2, 0.25) is 11.8 Å². The molecule has 310 valence electrons. The van der Waals surface area contributed by atoms with E-state index in [4.69, 9.17) is 9.72 Å². The van der Waals surface area contributed by atoms with Crippen LogP contribution in [0.2, 0.25) is 0 Å². The van der Waals surface area contributed by atoms with Gasteiger partial charge < -0.3 is 39.9 Å². The zero-order valence-electron chi connectivity index (χ0n) is 33.9.